The number of rotatable bonds is 9. The second-order valence-electron chi connectivity index (χ2n) is 7.35. The number of halogens is 2. The average Bonchev–Trinajstić information content (AvgIpc) is 2.88. The van der Waals surface area contributed by atoms with Crippen LogP contribution in [0.1, 0.15) is 11.1 Å². The van der Waals surface area contributed by atoms with Gasteiger partial charge in [0.15, 0.2) is 18.1 Å². The zero-order chi connectivity index (χ0) is 24.6. The summed E-state index contributed by atoms with van der Waals surface area (Å²) in [4.78, 5) is 16.5. The predicted octanol–water partition coefficient (Wildman–Crippen LogP) is 5.88. The average molecular weight is 599 g/mol. The first kappa shape index (κ1) is 24.7. The number of hydrazone groups is 1. The number of ether oxygens (including phenoxy) is 3. The Morgan fingerprint density at radius 1 is 1.00 bits per heavy atom. The van der Waals surface area contributed by atoms with Crippen LogP contribution in [0.2, 0.25) is 0 Å². The smallest absolute Gasteiger partial charge is 0.277 e. The molecule has 4 rings (SSSR count). The van der Waals surface area contributed by atoms with Crippen LogP contribution in [0.5, 0.6) is 17.2 Å². The van der Waals surface area contributed by atoms with Crippen molar-refractivity contribution in [3.8, 4) is 17.2 Å². The molecular formula is C26H21Br2N3O4. The van der Waals surface area contributed by atoms with Gasteiger partial charge in [0.05, 0.1) is 13.3 Å². The molecule has 0 aliphatic rings. The van der Waals surface area contributed by atoms with E-state index in [0.29, 0.717) is 34.9 Å². The normalized spacial score (nSPS) is 10.9. The molecule has 0 spiro atoms. The van der Waals surface area contributed by atoms with E-state index in [1.165, 1.54) is 6.21 Å². The third-order valence-corrected chi connectivity index (χ3v) is 6.15. The van der Waals surface area contributed by atoms with E-state index in [-0.39, 0.29) is 6.61 Å². The Morgan fingerprint density at radius 3 is 2.60 bits per heavy atom. The molecule has 1 heterocycles. The quantitative estimate of drug-likeness (QED) is 0.192. The lowest BCUT2D eigenvalue weighted by Gasteiger charge is -2.13. The van der Waals surface area contributed by atoms with Gasteiger partial charge in [-0.15, -0.1) is 0 Å². The lowest BCUT2D eigenvalue weighted by molar-refractivity contribution is -0.123. The molecule has 0 bridgehead atoms. The first-order valence-corrected chi connectivity index (χ1v) is 12.2. The van der Waals surface area contributed by atoms with Crippen LogP contribution in [0.3, 0.4) is 0 Å². The van der Waals surface area contributed by atoms with E-state index in [9.17, 15) is 4.79 Å². The van der Waals surface area contributed by atoms with E-state index in [2.05, 4.69) is 47.4 Å². The van der Waals surface area contributed by atoms with Crippen molar-refractivity contribution >= 4 is 54.9 Å². The second kappa shape index (κ2) is 11.8. The van der Waals surface area contributed by atoms with Crippen molar-refractivity contribution < 1.29 is 19.0 Å². The maximum atomic E-state index is 12.2. The van der Waals surface area contributed by atoms with Crippen LogP contribution < -0.4 is 19.6 Å². The van der Waals surface area contributed by atoms with Crippen LogP contribution >= 0.6 is 31.9 Å². The molecule has 1 amide bonds. The number of amides is 1. The van der Waals surface area contributed by atoms with Gasteiger partial charge in [0.2, 0.25) is 0 Å². The van der Waals surface area contributed by atoms with E-state index in [0.717, 1.165) is 19.9 Å². The van der Waals surface area contributed by atoms with Crippen molar-refractivity contribution in [2.75, 3.05) is 13.7 Å². The molecule has 178 valence electrons. The van der Waals surface area contributed by atoms with E-state index in [1.807, 2.05) is 48.5 Å². The summed E-state index contributed by atoms with van der Waals surface area (Å²) in [6.45, 7) is 0.201. The summed E-state index contributed by atoms with van der Waals surface area (Å²) < 4.78 is 18.8. The molecule has 1 aromatic heterocycles. The van der Waals surface area contributed by atoms with Crippen LogP contribution in [0.4, 0.5) is 0 Å². The van der Waals surface area contributed by atoms with Crippen molar-refractivity contribution in [2.45, 2.75) is 6.61 Å². The first-order valence-electron chi connectivity index (χ1n) is 10.6. The molecular weight excluding hydrogens is 578 g/mol. The fourth-order valence-electron chi connectivity index (χ4n) is 3.21. The molecule has 4 aromatic rings. The molecule has 0 atom stereocenters. The minimum atomic E-state index is -0.397. The number of nitrogens with one attached hydrogen (secondary N) is 1. The summed E-state index contributed by atoms with van der Waals surface area (Å²) in [6, 6.07) is 20.8. The Hall–Kier alpha value is -3.43. The fraction of sp³-hybridized carbons (Fsp3) is 0.115. The van der Waals surface area contributed by atoms with Gasteiger partial charge in [-0.3, -0.25) is 9.78 Å². The zero-order valence-electron chi connectivity index (χ0n) is 18.7. The lowest BCUT2D eigenvalue weighted by atomic mass is 10.2. The van der Waals surface area contributed by atoms with Crippen molar-refractivity contribution in [1.29, 1.82) is 0 Å². The number of aromatic nitrogens is 1. The Bertz CT molecular complexity index is 1360. The lowest BCUT2D eigenvalue weighted by Crippen LogP contribution is -2.24. The van der Waals surface area contributed by atoms with Crippen LogP contribution in [-0.2, 0) is 11.4 Å². The first-order chi connectivity index (χ1) is 17.0. The van der Waals surface area contributed by atoms with Gasteiger partial charge in [0, 0.05) is 26.1 Å². The number of nitrogens with zero attached hydrogens (tertiary/aromatic N) is 2. The van der Waals surface area contributed by atoms with Gasteiger partial charge in [-0.25, -0.2) is 5.43 Å². The maximum Gasteiger partial charge on any atom is 0.277 e. The molecule has 7 nitrogen and oxygen atoms in total. The number of fused-ring (bicyclic) bond motifs is 1. The largest absolute Gasteiger partial charge is 0.493 e. The van der Waals surface area contributed by atoms with Crippen LogP contribution in [-0.4, -0.2) is 30.8 Å². The van der Waals surface area contributed by atoms with Crippen molar-refractivity contribution in [2.24, 2.45) is 5.10 Å². The van der Waals surface area contributed by atoms with Crippen LogP contribution in [0, 0.1) is 0 Å². The molecule has 0 unspecified atom stereocenters. The summed E-state index contributed by atoms with van der Waals surface area (Å²) in [7, 11) is 1.57. The molecule has 3 aromatic carbocycles. The molecule has 0 aliphatic carbocycles. The number of methoxy groups -OCH3 is 1. The zero-order valence-corrected chi connectivity index (χ0v) is 21.9. The summed E-state index contributed by atoms with van der Waals surface area (Å²) in [6.07, 6.45) is 3.20. The molecule has 0 saturated carbocycles. The van der Waals surface area contributed by atoms with Gasteiger partial charge in [0.25, 0.3) is 5.91 Å². The number of para-hydroxylation sites is 1. The highest BCUT2D eigenvalue weighted by Gasteiger charge is 2.11. The van der Waals surface area contributed by atoms with Crippen molar-refractivity contribution in [3.05, 3.63) is 93.0 Å². The molecule has 35 heavy (non-hydrogen) atoms. The van der Waals surface area contributed by atoms with E-state index >= 15 is 0 Å². The highest BCUT2D eigenvalue weighted by molar-refractivity contribution is 9.10. The molecule has 1 N–H and O–H groups in total. The summed E-state index contributed by atoms with van der Waals surface area (Å²) >= 11 is 6.94. The van der Waals surface area contributed by atoms with Crippen LogP contribution in [0.25, 0.3) is 10.9 Å². The van der Waals surface area contributed by atoms with Gasteiger partial charge < -0.3 is 14.2 Å². The number of carbonyl (C=O) groups excluding carboxylic acids is 1. The third-order valence-electron chi connectivity index (χ3n) is 4.94. The minimum Gasteiger partial charge on any atom is -0.493 e. The Morgan fingerprint density at radius 2 is 1.80 bits per heavy atom. The van der Waals surface area contributed by atoms with Gasteiger partial charge in [-0.05, 0) is 57.9 Å². The van der Waals surface area contributed by atoms with Gasteiger partial charge in [0.1, 0.15) is 17.9 Å². The molecule has 0 fully saturated rings. The van der Waals surface area contributed by atoms with E-state index < -0.39 is 5.91 Å². The number of hydrogen-bond donors (Lipinski definition) is 1. The third kappa shape index (κ3) is 6.58. The van der Waals surface area contributed by atoms with Crippen molar-refractivity contribution in [3.63, 3.8) is 0 Å². The fourth-order valence-corrected chi connectivity index (χ4v) is 3.89. The minimum absolute atomic E-state index is 0.194. The Balaban J connectivity index is 1.35. The van der Waals surface area contributed by atoms with E-state index in [4.69, 9.17) is 14.2 Å². The molecule has 0 radical (unpaired) electrons. The topological polar surface area (TPSA) is 82.0 Å². The van der Waals surface area contributed by atoms with Gasteiger partial charge >= 0.3 is 0 Å². The Labute approximate surface area is 219 Å². The molecule has 0 saturated heterocycles. The SMILES string of the molecule is COc1cc(C=NNC(=O)COc2cccc3cccnc23)c(Br)cc1OCc1ccc(Br)cc1. The highest BCUT2D eigenvalue weighted by Crippen LogP contribution is 2.33. The second-order valence-corrected chi connectivity index (χ2v) is 9.12. The van der Waals surface area contributed by atoms with Gasteiger partial charge in [-0.2, -0.15) is 5.10 Å². The number of benzene rings is 3. The van der Waals surface area contributed by atoms with E-state index in [1.54, 1.807) is 31.5 Å². The van der Waals surface area contributed by atoms with Crippen molar-refractivity contribution in [1.82, 2.24) is 10.4 Å². The van der Waals surface area contributed by atoms with Crippen LogP contribution in [0.15, 0.2) is 87.0 Å². The molecule has 9 heteroatoms. The number of carbonyl (C=O) groups is 1. The predicted molar refractivity (Wildman–Crippen MR) is 142 cm³/mol. The summed E-state index contributed by atoms with van der Waals surface area (Å²) in [5.41, 5.74) is 4.90. The summed E-state index contributed by atoms with van der Waals surface area (Å²) in [5.74, 6) is 1.27. The number of hydrogen-bond acceptors (Lipinski definition) is 6. The van der Waals surface area contributed by atoms with Gasteiger partial charge in [-0.1, -0.05) is 46.3 Å². The maximum absolute atomic E-state index is 12.2. The Kier molecular flexibility index (Phi) is 8.33. The highest BCUT2D eigenvalue weighted by atomic mass is 79.9. The monoisotopic (exact) mass is 597 g/mol. The standard InChI is InChI=1S/C26H21Br2N3O4/c1-33-23-12-19(21(28)13-24(23)34-15-17-7-9-20(27)10-8-17)14-30-31-25(32)16-35-22-6-2-4-18-5-3-11-29-26(18)22/h2-14H,15-16H2,1H3,(H,31,32). The molecule has 0 aliphatic heterocycles. The summed E-state index contributed by atoms with van der Waals surface area (Å²) in [5, 5.41) is 4.97. The number of pyridine rings is 1.